The van der Waals surface area contributed by atoms with Crippen LogP contribution in [-0.4, -0.2) is 33.7 Å². The summed E-state index contributed by atoms with van der Waals surface area (Å²) in [5, 5.41) is 11.3. The van der Waals surface area contributed by atoms with E-state index in [0.29, 0.717) is 19.5 Å². The van der Waals surface area contributed by atoms with E-state index in [0.717, 1.165) is 12.8 Å². The van der Waals surface area contributed by atoms with Crippen LogP contribution in [0.15, 0.2) is 18.7 Å². The number of hydrogen-bond acceptors (Lipinski definition) is 3. The molecule has 1 amide bonds. The first-order valence-electron chi connectivity index (χ1n) is 5.16. The van der Waals surface area contributed by atoms with Crippen molar-refractivity contribution in [1.29, 1.82) is 0 Å². The number of carbonyl (C=O) groups excluding carboxylic acids is 1. The van der Waals surface area contributed by atoms with Crippen molar-refractivity contribution in [3.8, 4) is 0 Å². The zero-order valence-corrected chi connectivity index (χ0v) is 8.72. The van der Waals surface area contributed by atoms with Gasteiger partial charge in [0.1, 0.15) is 0 Å². The minimum absolute atomic E-state index is 0.0432. The van der Waals surface area contributed by atoms with Gasteiger partial charge in [0.25, 0.3) is 0 Å². The Bertz CT molecular complexity index is 272. The lowest BCUT2D eigenvalue weighted by Gasteiger charge is -2.04. The molecule has 0 aliphatic carbocycles. The Labute approximate surface area is 89.1 Å². The minimum atomic E-state index is 0.0432. The van der Waals surface area contributed by atoms with Crippen molar-refractivity contribution in [3.05, 3.63) is 18.7 Å². The zero-order chi connectivity index (χ0) is 10.9. The van der Waals surface area contributed by atoms with Crippen LogP contribution in [0.1, 0.15) is 19.3 Å². The Hall–Kier alpha value is -1.36. The smallest absolute Gasteiger partial charge is 0.221 e. The molecule has 0 atom stereocenters. The van der Waals surface area contributed by atoms with Gasteiger partial charge in [-0.2, -0.15) is 0 Å². The number of carbonyl (C=O) groups is 1. The molecule has 0 aromatic carbocycles. The molecule has 0 saturated carbocycles. The van der Waals surface area contributed by atoms with Crippen LogP contribution >= 0.6 is 0 Å². The van der Waals surface area contributed by atoms with E-state index in [-0.39, 0.29) is 12.5 Å². The molecule has 15 heavy (non-hydrogen) atoms. The molecule has 5 nitrogen and oxygen atoms in total. The number of imidazole rings is 1. The number of nitrogens with one attached hydrogen (secondary N) is 1. The Morgan fingerprint density at radius 1 is 1.47 bits per heavy atom. The highest BCUT2D eigenvalue weighted by atomic mass is 16.2. The molecule has 0 spiro atoms. The third kappa shape index (κ3) is 5.17. The van der Waals surface area contributed by atoms with E-state index in [9.17, 15) is 4.79 Å². The molecule has 1 aromatic rings. The van der Waals surface area contributed by atoms with E-state index < -0.39 is 0 Å². The highest BCUT2D eigenvalue weighted by Gasteiger charge is 2.00. The molecule has 5 heteroatoms. The first-order valence-corrected chi connectivity index (χ1v) is 5.16. The third-order valence-electron chi connectivity index (χ3n) is 2.06. The van der Waals surface area contributed by atoms with Crippen molar-refractivity contribution in [2.75, 3.05) is 13.2 Å². The van der Waals surface area contributed by atoms with Gasteiger partial charge in [0.15, 0.2) is 0 Å². The van der Waals surface area contributed by atoms with Crippen molar-refractivity contribution in [2.45, 2.75) is 25.8 Å². The van der Waals surface area contributed by atoms with Gasteiger partial charge in [-0.3, -0.25) is 4.79 Å². The second kappa shape index (κ2) is 7.00. The van der Waals surface area contributed by atoms with Gasteiger partial charge in [-0.05, 0) is 12.8 Å². The Morgan fingerprint density at radius 2 is 2.33 bits per heavy atom. The normalized spacial score (nSPS) is 10.2. The lowest BCUT2D eigenvalue weighted by molar-refractivity contribution is -0.121. The van der Waals surface area contributed by atoms with Crippen LogP contribution in [0.4, 0.5) is 0 Å². The summed E-state index contributed by atoms with van der Waals surface area (Å²) >= 11 is 0. The van der Waals surface area contributed by atoms with Gasteiger partial charge in [0, 0.05) is 38.5 Å². The Balaban J connectivity index is 2.04. The predicted octanol–water partition coefficient (Wildman–Crippen LogP) is 0.162. The highest BCUT2D eigenvalue weighted by molar-refractivity contribution is 5.75. The van der Waals surface area contributed by atoms with Crippen molar-refractivity contribution >= 4 is 5.91 Å². The summed E-state index contributed by atoms with van der Waals surface area (Å²) in [4.78, 5) is 15.2. The molecule has 0 radical (unpaired) electrons. The second-order valence-corrected chi connectivity index (χ2v) is 3.33. The van der Waals surface area contributed by atoms with Crippen molar-refractivity contribution < 1.29 is 9.90 Å². The van der Waals surface area contributed by atoms with Gasteiger partial charge >= 0.3 is 0 Å². The van der Waals surface area contributed by atoms with Crippen LogP contribution < -0.4 is 5.32 Å². The molecule has 84 valence electrons. The number of hydrogen-bond donors (Lipinski definition) is 2. The Kier molecular flexibility index (Phi) is 5.47. The molecular formula is C10H17N3O2. The molecule has 0 bridgehead atoms. The number of aliphatic hydroxyl groups is 1. The average molecular weight is 211 g/mol. The predicted molar refractivity (Wildman–Crippen MR) is 56.2 cm³/mol. The van der Waals surface area contributed by atoms with Crippen molar-refractivity contribution in [2.24, 2.45) is 0 Å². The van der Waals surface area contributed by atoms with E-state index in [1.54, 1.807) is 12.5 Å². The molecule has 1 aromatic heterocycles. The fraction of sp³-hybridized carbons (Fsp3) is 0.600. The molecular weight excluding hydrogens is 194 g/mol. The molecule has 0 aliphatic rings. The number of aromatic nitrogens is 2. The van der Waals surface area contributed by atoms with Crippen molar-refractivity contribution in [1.82, 2.24) is 14.9 Å². The molecule has 0 saturated heterocycles. The van der Waals surface area contributed by atoms with Crippen LogP contribution in [0.2, 0.25) is 0 Å². The highest BCUT2D eigenvalue weighted by Crippen LogP contribution is 1.91. The summed E-state index contributed by atoms with van der Waals surface area (Å²) in [5.41, 5.74) is 0. The first kappa shape index (κ1) is 11.7. The van der Waals surface area contributed by atoms with Crippen LogP contribution in [0.5, 0.6) is 0 Å². The maximum Gasteiger partial charge on any atom is 0.221 e. The SMILES string of the molecule is O=C(CCn1ccnc1)NCCCCO. The molecule has 1 rings (SSSR count). The first-order chi connectivity index (χ1) is 7.33. The number of amides is 1. The summed E-state index contributed by atoms with van der Waals surface area (Å²) in [6.07, 6.45) is 7.25. The summed E-state index contributed by atoms with van der Waals surface area (Å²) in [6, 6.07) is 0. The van der Waals surface area contributed by atoms with E-state index >= 15 is 0 Å². The standard InChI is InChI=1S/C10H17N3O2/c14-8-2-1-4-12-10(15)3-6-13-7-5-11-9-13/h5,7,9,14H,1-4,6,8H2,(H,12,15). The summed E-state index contributed by atoms with van der Waals surface area (Å²) in [7, 11) is 0. The van der Waals surface area contributed by atoms with Crippen LogP contribution in [-0.2, 0) is 11.3 Å². The van der Waals surface area contributed by atoms with E-state index in [4.69, 9.17) is 5.11 Å². The van der Waals surface area contributed by atoms with Crippen LogP contribution in [0.25, 0.3) is 0 Å². The van der Waals surface area contributed by atoms with Gasteiger partial charge in [-0.25, -0.2) is 4.98 Å². The quantitative estimate of drug-likeness (QED) is 0.631. The molecule has 0 unspecified atom stereocenters. The third-order valence-corrected chi connectivity index (χ3v) is 2.06. The van der Waals surface area contributed by atoms with Crippen molar-refractivity contribution in [3.63, 3.8) is 0 Å². The Morgan fingerprint density at radius 3 is 3.00 bits per heavy atom. The number of aryl methyl sites for hydroxylation is 1. The lowest BCUT2D eigenvalue weighted by Crippen LogP contribution is -2.25. The van der Waals surface area contributed by atoms with E-state index in [2.05, 4.69) is 10.3 Å². The minimum Gasteiger partial charge on any atom is -0.396 e. The maximum atomic E-state index is 11.3. The largest absolute Gasteiger partial charge is 0.396 e. The monoisotopic (exact) mass is 211 g/mol. The van der Waals surface area contributed by atoms with Crippen LogP contribution in [0.3, 0.4) is 0 Å². The summed E-state index contributed by atoms with van der Waals surface area (Å²) < 4.78 is 1.87. The van der Waals surface area contributed by atoms with Gasteiger partial charge in [0.2, 0.25) is 5.91 Å². The fourth-order valence-corrected chi connectivity index (χ4v) is 1.20. The molecule has 1 heterocycles. The fourth-order valence-electron chi connectivity index (χ4n) is 1.20. The number of unbranched alkanes of at least 4 members (excludes halogenated alkanes) is 1. The lowest BCUT2D eigenvalue weighted by atomic mass is 10.3. The molecule has 2 N–H and O–H groups in total. The molecule has 0 aliphatic heterocycles. The summed E-state index contributed by atoms with van der Waals surface area (Å²) in [5.74, 6) is 0.0432. The van der Waals surface area contributed by atoms with Gasteiger partial charge in [-0.15, -0.1) is 0 Å². The summed E-state index contributed by atoms with van der Waals surface area (Å²) in [6.45, 7) is 1.49. The number of nitrogens with zero attached hydrogens (tertiary/aromatic N) is 2. The van der Waals surface area contributed by atoms with Crippen LogP contribution in [0, 0.1) is 0 Å². The zero-order valence-electron chi connectivity index (χ0n) is 8.72. The molecule has 0 fully saturated rings. The number of rotatable bonds is 7. The maximum absolute atomic E-state index is 11.3. The van der Waals surface area contributed by atoms with E-state index in [1.165, 1.54) is 0 Å². The number of aliphatic hydroxyl groups excluding tert-OH is 1. The van der Waals surface area contributed by atoms with Gasteiger partial charge in [0.05, 0.1) is 6.33 Å². The van der Waals surface area contributed by atoms with E-state index in [1.807, 2.05) is 10.8 Å². The average Bonchev–Trinajstić information content (AvgIpc) is 2.74. The van der Waals surface area contributed by atoms with Gasteiger partial charge < -0.3 is 15.0 Å². The second-order valence-electron chi connectivity index (χ2n) is 3.33. The van der Waals surface area contributed by atoms with Gasteiger partial charge in [-0.1, -0.05) is 0 Å². The topological polar surface area (TPSA) is 67.2 Å².